The van der Waals surface area contributed by atoms with E-state index in [0.29, 0.717) is 6.54 Å². The molecule has 6 heteroatoms. The summed E-state index contributed by atoms with van der Waals surface area (Å²) in [6, 6.07) is 6.97. The second kappa shape index (κ2) is 5.53. The van der Waals surface area contributed by atoms with Gasteiger partial charge in [-0.15, -0.1) is 0 Å². The zero-order valence-corrected chi connectivity index (χ0v) is 10.7. The molecular formula is C13H17N5O. The molecule has 100 valence electrons. The number of nitrogens with zero attached hydrogens (tertiary/aromatic N) is 2. The normalized spacial score (nSPS) is 12.1. The summed E-state index contributed by atoms with van der Waals surface area (Å²) in [4.78, 5) is 10.9. The van der Waals surface area contributed by atoms with Crippen molar-refractivity contribution in [2.75, 3.05) is 0 Å². The van der Waals surface area contributed by atoms with Gasteiger partial charge in [0.15, 0.2) is 0 Å². The molecule has 1 aromatic carbocycles. The highest BCUT2D eigenvalue weighted by Crippen LogP contribution is 2.20. The van der Waals surface area contributed by atoms with Crippen molar-refractivity contribution >= 4 is 6.03 Å². The van der Waals surface area contributed by atoms with E-state index in [-0.39, 0.29) is 6.04 Å². The van der Waals surface area contributed by atoms with Crippen LogP contribution in [-0.2, 0) is 6.54 Å². The predicted molar refractivity (Wildman–Crippen MR) is 72.6 cm³/mol. The summed E-state index contributed by atoms with van der Waals surface area (Å²) in [6.07, 6.45) is 3.57. The maximum atomic E-state index is 10.9. The van der Waals surface area contributed by atoms with E-state index >= 15 is 0 Å². The van der Waals surface area contributed by atoms with Crippen molar-refractivity contribution in [3.63, 3.8) is 0 Å². The Morgan fingerprint density at radius 1 is 1.53 bits per heavy atom. The molecular weight excluding hydrogens is 242 g/mol. The topological polar surface area (TPSA) is 99.0 Å². The van der Waals surface area contributed by atoms with Crippen LogP contribution in [0.5, 0.6) is 0 Å². The molecule has 0 spiro atoms. The van der Waals surface area contributed by atoms with Gasteiger partial charge in [0.2, 0.25) is 0 Å². The van der Waals surface area contributed by atoms with Crippen LogP contribution >= 0.6 is 0 Å². The van der Waals surface area contributed by atoms with Gasteiger partial charge in [-0.25, -0.2) is 9.48 Å². The van der Waals surface area contributed by atoms with Gasteiger partial charge >= 0.3 is 6.03 Å². The molecule has 0 bridgehead atoms. The van der Waals surface area contributed by atoms with Crippen molar-refractivity contribution in [1.82, 2.24) is 15.1 Å². The lowest BCUT2D eigenvalue weighted by Crippen LogP contribution is -2.31. The zero-order valence-electron chi connectivity index (χ0n) is 10.7. The smallest absolute Gasteiger partial charge is 0.312 e. The fraction of sp³-hybridized carbons (Fsp3) is 0.231. The Morgan fingerprint density at radius 2 is 2.32 bits per heavy atom. The summed E-state index contributed by atoms with van der Waals surface area (Å²) < 4.78 is 1.76. The summed E-state index contributed by atoms with van der Waals surface area (Å²) in [7, 11) is 0. The van der Waals surface area contributed by atoms with Gasteiger partial charge < -0.3 is 16.8 Å². The lowest BCUT2D eigenvalue weighted by atomic mass is 10.0. The maximum absolute atomic E-state index is 10.9. The lowest BCUT2D eigenvalue weighted by Gasteiger charge is -2.15. The minimum atomic E-state index is -0.544. The Hall–Kier alpha value is -2.34. The monoisotopic (exact) mass is 259 g/mol. The van der Waals surface area contributed by atoms with Gasteiger partial charge in [-0.05, 0) is 30.2 Å². The van der Waals surface area contributed by atoms with Crippen LogP contribution < -0.4 is 16.8 Å². The number of urea groups is 1. The van der Waals surface area contributed by atoms with Gasteiger partial charge in [-0.1, -0.05) is 12.1 Å². The first-order valence-corrected chi connectivity index (χ1v) is 6.00. The van der Waals surface area contributed by atoms with Gasteiger partial charge in [0.05, 0.1) is 11.7 Å². The third-order valence-electron chi connectivity index (χ3n) is 2.93. The molecule has 19 heavy (non-hydrogen) atoms. The molecule has 0 saturated carbocycles. The number of benzene rings is 1. The second-order valence-electron chi connectivity index (χ2n) is 4.27. The Labute approximate surface area is 111 Å². The van der Waals surface area contributed by atoms with Gasteiger partial charge in [-0.2, -0.15) is 5.10 Å². The van der Waals surface area contributed by atoms with Crippen LogP contribution in [0.3, 0.4) is 0 Å². The molecule has 0 aliphatic heterocycles. The highest BCUT2D eigenvalue weighted by Gasteiger charge is 2.10. The summed E-state index contributed by atoms with van der Waals surface area (Å²) in [5, 5.41) is 6.83. The zero-order chi connectivity index (χ0) is 13.8. The number of hydrogen-bond acceptors (Lipinski definition) is 3. The van der Waals surface area contributed by atoms with Crippen LogP contribution in [-0.4, -0.2) is 15.8 Å². The number of nitrogens with two attached hydrogens (primary N) is 2. The number of aromatic nitrogens is 2. The largest absolute Gasteiger partial charge is 0.352 e. The van der Waals surface area contributed by atoms with Crippen LogP contribution in [0.2, 0.25) is 0 Å². The highest BCUT2D eigenvalue weighted by molar-refractivity contribution is 5.72. The fourth-order valence-electron chi connectivity index (χ4n) is 1.97. The molecule has 5 N–H and O–H groups in total. The van der Waals surface area contributed by atoms with E-state index in [2.05, 4.69) is 10.4 Å². The molecule has 6 nitrogen and oxygen atoms in total. The van der Waals surface area contributed by atoms with Crippen molar-refractivity contribution in [2.45, 2.75) is 19.5 Å². The summed E-state index contributed by atoms with van der Waals surface area (Å²) >= 11 is 0. The Morgan fingerprint density at radius 3 is 2.89 bits per heavy atom. The summed E-state index contributed by atoms with van der Waals surface area (Å²) in [5.41, 5.74) is 13.7. The van der Waals surface area contributed by atoms with Crippen molar-refractivity contribution in [1.29, 1.82) is 0 Å². The van der Waals surface area contributed by atoms with E-state index < -0.39 is 6.03 Å². The lowest BCUT2D eigenvalue weighted by molar-refractivity contribution is 0.246. The van der Waals surface area contributed by atoms with Crippen LogP contribution in [0.15, 0.2) is 36.7 Å². The van der Waals surface area contributed by atoms with E-state index in [9.17, 15) is 4.79 Å². The average Bonchev–Trinajstić information content (AvgIpc) is 2.90. The van der Waals surface area contributed by atoms with Gasteiger partial charge in [0.1, 0.15) is 0 Å². The van der Waals surface area contributed by atoms with Gasteiger partial charge in [0, 0.05) is 18.9 Å². The minimum absolute atomic E-state index is 0.158. The van der Waals surface area contributed by atoms with Crippen molar-refractivity contribution in [3.05, 3.63) is 47.8 Å². The predicted octanol–water partition coefficient (Wildman–Crippen LogP) is 1.06. The first kappa shape index (κ1) is 13.1. The van der Waals surface area contributed by atoms with Crippen molar-refractivity contribution in [2.24, 2.45) is 11.5 Å². The SMILES string of the molecule is CC(NC(N)=O)c1ccc(-n2cccn2)c(CN)c1. The highest BCUT2D eigenvalue weighted by atomic mass is 16.2. The van der Waals surface area contributed by atoms with E-state index in [1.54, 1.807) is 10.9 Å². The Bertz CT molecular complexity index is 564. The molecule has 2 aromatic rings. The molecule has 0 aliphatic carbocycles. The van der Waals surface area contributed by atoms with Crippen LogP contribution in [0.1, 0.15) is 24.1 Å². The molecule has 0 aliphatic rings. The summed E-state index contributed by atoms with van der Waals surface area (Å²) in [6.45, 7) is 2.26. The molecule has 1 atom stereocenters. The van der Waals surface area contributed by atoms with E-state index in [1.807, 2.05) is 37.4 Å². The maximum Gasteiger partial charge on any atom is 0.312 e. The van der Waals surface area contributed by atoms with E-state index in [1.165, 1.54) is 0 Å². The molecule has 2 amide bonds. The van der Waals surface area contributed by atoms with Gasteiger partial charge in [-0.3, -0.25) is 0 Å². The number of hydrogen-bond donors (Lipinski definition) is 3. The van der Waals surface area contributed by atoms with Crippen molar-refractivity contribution in [3.8, 4) is 5.69 Å². The molecule has 2 rings (SSSR count). The minimum Gasteiger partial charge on any atom is -0.352 e. The number of nitrogens with one attached hydrogen (secondary N) is 1. The quantitative estimate of drug-likeness (QED) is 0.765. The molecule has 1 unspecified atom stereocenters. The Kier molecular flexibility index (Phi) is 3.82. The third kappa shape index (κ3) is 2.92. The van der Waals surface area contributed by atoms with Crippen LogP contribution in [0, 0.1) is 0 Å². The van der Waals surface area contributed by atoms with Gasteiger partial charge in [0.25, 0.3) is 0 Å². The van der Waals surface area contributed by atoms with Crippen LogP contribution in [0.25, 0.3) is 5.69 Å². The first-order chi connectivity index (χ1) is 9.11. The number of rotatable bonds is 4. The fourth-order valence-corrected chi connectivity index (χ4v) is 1.97. The van der Waals surface area contributed by atoms with E-state index in [0.717, 1.165) is 16.8 Å². The molecule has 0 radical (unpaired) electrons. The van der Waals surface area contributed by atoms with E-state index in [4.69, 9.17) is 11.5 Å². The average molecular weight is 259 g/mol. The standard InChI is InChI=1S/C13H17N5O/c1-9(17-13(15)19)10-3-4-12(11(7-10)8-14)18-6-2-5-16-18/h2-7,9H,8,14H2,1H3,(H3,15,17,19). The third-order valence-corrected chi connectivity index (χ3v) is 2.93. The Balaban J connectivity index is 2.33. The first-order valence-electron chi connectivity index (χ1n) is 6.00. The second-order valence-corrected chi connectivity index (χ2v) is 4.27. The molecule has 1 heterocycles. The van der Waals surface area contributed by atoms with Crippen LogP contribution in [0.4, 0.5) is 4.79 Å². The molecule has 1 aromatic heterocycles. The molecule has 0 saturated heterocycles. The number of carbonyl (C=O) groups is 1. The van der Waals surface area contributed by atoms with Crippen molar-refractivity contribution < 1.29 is 4.79 Å². The number of amides is 2. The summed E-state index contributed by atoms with van der Waals surface area (Å²) in [5.74, 6) is 0. The number of carbonyl (C=O) groups excluding carboxylic acids is 1. The number of primary amides is 1. The molecule has 0 fully saturated rings.